The minimum Gasteiger partial charge on any atom is -0.317 e. The Morgan fingerprint density at radius 3 is 2.48 bits per heavy atom. The van der Waals surface area contributed by atoms with Gasteiger partial charge in [0.25, 0.3) is 5.56 Å². The summed E-state index contributed by atoms with van der Waals surface area (Å²) < 4.78 is 4.88. The van der Waals surface area contributed by atoms with Crippen molar-refractivity contribution in [3.63, 3.8) is 0 Å². The lowest BCUT2D eigenvalue weighted by molar-refractivity contribution is 0.622. The summed E-state index contributed by atoms with van der Waals surface area (Å²) in [6.45, 7) is 4.03. The Morgan fingerprint density at radius 1 is 1.03 bits per heavy atom. The van der Waals surface area contributed by atoms with Crippen molar-refractivity contribution >= 4 is 11.2 Å². The Bertz CT molecular complexity index is 1330. The van der Waals surface area contributed by atoms with Gasteiger partial charge in [-0.15, -0.1) is 0 Å². The lowest BCUT2D eigenvalue weighted by atomic mass is 10.1. The fourth-order valence-electron chi connectivity index (χ4n) is 3.96. The van der Waals surface area contributed by atoms with Gasteiger partial charge < -0.3 is 4.57 Å². The van der Waals surface area contributed by atoms with E-state index in [2.05, 4.69) is 4.98 Å². The van der Waals surface area contributed by atoms with Crippen LogP contribution in [0.15, 0.2) is 70.5 Å². The van der Waals surface area contributed by atoms with Gasteiger partial charge in [0.2, 0.25) is 0 Å². The highest BCUT2D eigenvalue weighted by molar-refractivity contribution is 5.73. The van der Waals surface area contributed by atoms with Crippen molar-refractivity contribution in [2.24, 2.45) is 0 Å². The summed E-state index contributed by atoms with van der Waals surface area (Å²) in [5.74, 6) is 0. The summed E-state index contributed by atoms with van der Waals surface area (Å²) in [5, 5.41) is 0. The quantitative estimate of drug-likeness (QED) is 0.538. The van der Waals surface area contributed by atoms with Crippen molar-refractivity contribution in [1.29, 1.82) is 0 Å². The highest BCUT2D eigenvalue weighted by Gasteiger charge is 2.31. The number of fused-ring (bicyclic) bond motifs is 1. The van der Waals surface area contributed by atoms with Gasteiger partial charge in [0.15, 0.2) is 11.2 Å². The number of aryl methyl sites for hydroxylation is 1. The van der Waals surface area contributed by atoms with E-state index in [1.807, 2.05) is 73.0 Å². The van der Waals surface area contributed by atoms with E-state index >= 15 is 0 Å². The first-order valence-corrected chi connectivity index (χ1v) is 9.92. The van der Waals surface area contributed by atoms with Gasteiger partial charge in [-0.1, -0.05) is 42.5 Å². The topological polar surface area (TPSA) is 61.8 Å². The second-order valence-corrected chi connectivity index (χ2v) is 7.77. The third-order valence-corrected chi connectivity index (χ3v) is 5.68. The zero-order valence-corrected chi connectivity index (χ0v) is 16.4. The molecule has 6 heteroatoms. The molecule has 1 saturated carbocycles. The second-order valence-electron chi connectivity index (χ2n) is 7.77. The SMILES string of the molecule is Cc1cccc(-n2c(=O)n(C3CC3)c(=O)c3c2ncn3[C@H](C)c2ccccc2)c1. The van der Waals surface area contributed by atoms with Gasteiger partial charge in [-0.05, 0) is 49.9 Å². The molecule has 4 aromatic rings. The minimum atomic E-state index is -0.312. The molecule has 0 radical (unpaired) electrons. The lowest BCUT2D eigenvalue weighted by Crippen LogP contribution is -2.39. The molecule has 0 spiro atoms. The molecule has 0 saturated heterocycles. The maximum absolute atomic E-state index is 13.4. The van der Waals surface area contributed by atoms with E-state index in [-0.39, 0.29) is 23.3 Å². The van der Waals surface area contributed by atoms with Crippen LogP contribution in [0.25, 0.3) is 16.9 Å². The molecule has 0 aliphatic heterocycles. The zero-order valence-electron chi connectivity index (χ0n) is 16.4. The van der Waals surface area contributed by atoms with E-state index in [1.165, 1.54) is 4.57 Å². The number of imidazole rings is 1. The molecule has 0 unspecified atom stereocenters. The third-order valence-electron chi connectivity index (χ3n) is 5.68. The molecule has 2 heterocycles. The minimum absolute atomic E-state index is 0.0224. The Kier molecular flexibility index (Phi) is 4.01. The molecule has 1 atom stereocenters. The van der Waals surface area contributed by atoms with Gasteiger partial charge in [0.1, 0.15) is 0 Å². The van der Waals surface area contributed by atoms with Gasteiger partial charge in [-0.3, -0.25) is 9.36 Å². The summed E-state index contributed by atoms with van der Waals surface area (Å²) in [4.78, 5) is 31.2. The normalized spacial score (nSPS) is 15.0. The van der Waals surface area contributed by atoms with Crippen LogP contribution in [0.4, 0.5) is 0 Å². The van der Waals surface area contributed by atoms with Gasteiger partial charge in [-0.25, -0.2) is 14.3 Å². The highest BCUT2D eigenvalue weighted by atomic mass is 16.2. The predicted molar refractivity (Wildman–Crippen MR) is 113 cm³/mol. The van der Waals surface area contributed by atoms with Gasteiger partial charge in [-0.2, -0.15) is 0 Å². The molecule has 0 bridgehead atoms. The van der Waals surface area contributed by atoms with Gasteiger partial charge >= 0.3 is 5.69 Å². The maximum Gasteiger partial charge on any atom is 0.337 e. The highest BCUT2D eigenvalue weighted by Crippen LogP contribution is 2.33. The van der Waals surface area contributed by atoms with Crippen molar-refractivity contribution in [2.75, 3.05) is 0 Å². The summed E-state index contributed by atoms with van der Waals surface area (Å²) >= 11 is 0. The number of hydrogen-bond acceptors (Lipinski definition) is 3. The fraction of sp³-hybridized carbons (Fsp3) is 0.261. The van der Waals surface area contributed by atoms with Gasteiger partial charge in [0, 0.05) is 6.04 Å². The lowest BCUT2D eigenvalue weighted by Gasteiger charge is -2.16. The average Bonchev–Trinajstić information content (AvgIpc) is 3.46. The molecule has 0 amide bonds. The van der Waals surface area contributed by atoms with Crippen LogP contribution in [0.1, 0.15) is 43.0 Å². The van der Waals surface area contributed by atoms with Crippen molar-refractivity contribution in [2.45, 2.75) is 38.8 Å². The van der Waals surface area contributed by atoms with E-state index in [4.69, 9.17) is 0 Å². The van der Waals surface area contributed by atoms with Crippen molar-refractivity contribution in [3.8, 4) is 5.69 Å². The molecule has 1 aliphatic carbocycles. The van der Waals surface area contributed by atoms with E-state index in [1.54, 1.807) is 10.9 Å². The molecule has 29 heavy (non-hydrogen) atoms. The first-order chi connectivity index (χ1) is 14.1. The zero-order chi connectivity index (χ0) is 20.1. The van der Waals surface area contributed by atoms with E-state index in [0.717, 1.165) is 29.7 Å². The molecule has 2 aromatic heterocycles. The molecule has 146 valence electrons. The Hall–Kier alpha value is -3.41. The van der Waals surface area contributed by atoms with Crippen LogP contribution in [-0.2, 0) is 0 Å². The first kappa shape index (κ1) is 17.7. The molecule has 0 N–H and O–H groups in total. The van der Waals surface area contributed by atoms with Gasteiger partial charge in [0.05, 0.1) is 18.1 Å². The number of nitrogens with zero attached hydrogens (tertiary/aromatic N) is 4. The van der Waals surface area contributed by atoms with Crippen LogP contribution in [0.2, 0.25) is 0 Å². The first-order valence-electron chi connectivity index (χ1n) is 9.92. The summed E-state index contributed by atoms with van der Waals surface area (Å²) in [7, 11) is 0. The molecule has 2 aromatic carbocycles. The number of rotatable bonds is 4. The molecular formula is C23H22N4O2. The fourth-order valence-corrected chi connectivity index (χ4v) is 3.96. The standard InChI is InChI=1S/C23H22N4O2/c1-15-7-6-10-19(13-15)26-21-20(22(28)27(23(26)29)18-11-12-18)25(14-24-21)16(2)17-8-4-3-5-9-17/h3-10,13-14,16,18H,11-12H2,1-2H3/t16-/m1/s1. The molecule has 1 fully saturated rings. The Morgan fingerprint density at radius 2 is 1.79 bits per heavy atom. The van der Waals surface area contributed by atoms with Crippen LogP contribution in [0, 0.1) is 6.92 Å². The smallest absolute Gasteiger partial charge is 0.317 e. The summed E-state index contributed by atoms with van der Waals surface area (Å²) in [6, 6.07) is 17.6. The predicted octanol–water partition coefficient (Wildman–Crippen LogP) is 3.60. The van der Waals surface area contributed by atoms with Crippen LogP contribution in [0.3, 0.4) is 0 Å². The summed E-state index contributed by atoms with van der Waals surface area (Å²) in [5.41, 5.74) is 3.16. The monoisotopic (exact) mass is 386 g/mol. The largest absolute Gasteiger partial charge is 0.337 e. The van der Waals surface area contributed by atoms with Crippen molar-refractivity contribution in [1.82, 2.24) is 18.7 Å². The van der Waals surface area contributed by atoms with E-state index in [0.29, 0.717) is 11.2 Å². The van der Waals surface area contributed by atoms with E-state index in [9.17, 15) is 9.59 Å². The Labute approximate surface area is 167 Å². The maximum atomic E-state index is 13.4. The van der Waals surface area contributed by atoms with Crippen molar-refractivity contribution < 1.29 is 0 Å². The van der Waals surface area contributed by atoms with E-state index < -0.39 is 0 Å². The van der Waals surface area contributed by atoms with Crippen molar-refractivity contribution in [3.05, 3.63) is 92.9 Å². The number of hydrogen-bond donors (Lipinski definition) is 0. The molecule has 5 rings (SSSR count). The Balaban J connectivity index is 1.84. The third kappa shape index (κ3) is 2.83. The average molecular weight is 386 g/mol. The van der Waals surface area contributed by atoms with Crippen LogP contribution < -0.4 is 11.2 Å². The number of benzene rings is 2. The second kappa shape index (κ2) is 6.58. The molecule has 6 nitrogen and oxygen atoms in total. The molecular weight excluding hydrogens is 364 g/mol. The number of aromatic nitrogens is 4. The van der Waals surface area contributed by atoms with Crippen LogP contribution in [0.5, 0.6) is 0 Å². The van der Waals surface area contributed by atoms with Crippen LogP contribution in [-0.4, -0.2) is 18.7 Å². The molecule has 1 aliphatic rings. The summed E-state index contributed by atoms with van der Waals surface area (Å²) in [6.07, 6.45) is 3.39. The van der Waals surface area contributed by atoms with Crippen LogP contribution >= 0.6 is 0 Å².